The number of hydrogen-bond donors (Lipinski definition) is 1. The van der Waals surface area contributed by atoms with Crippen molar-refractivity contribution in [3.05, 3.63) is 64.2 Å². The molecule has 1 fully saturated rings. The predicted octanol–water partition coefficient (Wildman–Crippen LogP) is 2.23. The van der Waals surface area contributed by atoms with Crippen LogP contribution in [0, 0.1) is 21.4 Å². The van der Waals surface area contributed by atoms with Gasteiger partial charge in [0.05, 0.1) is 23.1 Å². The monoisotopic (exact) mass is 365 g/mol. The number of para-hydroxylation sites is 2. The molecule has 0 aliphatic carbocycles. The van der Waals surface area contributed by atoms with E-state index in [1.807, 2.05) is 11.0 Å². The second kappa shape index (κ2) is 8.19. The third-order valence-electron chi connectivity index (χ3n) is 4.51. The Hall–Kier alpha value is -3.60. The summed E-state index contributed by atoms with van der Waals surface area (Å²) in [7, 11) is 0. The summed E-state index contributed by atoms with van der Waals surface area (Å²) in [5.41, 5.74) is 2.02. The number of nitro groups is 1. The van der Waals surface area contributed by atoms with Gasteiger partial charge in [0.2, 0.25) is 5.91 Å². The number of nitrogens with zero attached hydrogens (tertiary/aromatic N) is 4. The molecule has 0 bridgehead atoms. The van der Waals surface area contributed by atoms with Crippen molar-refractivity contribution in [2.75, 3.05) is 42.9 Å². The van der Waals surface area contributed by atoms with Crippen molar-refractivity contribution in [1.29, 1.82) is 5.26 Å². The second-order valence-corrected chi connectivity index (χ2v) is 6.16. The van der Waals surface area contributed by atoms with E-state index in [-0.39, 0.29) is 23.1 Å². The normalized spacial score (nSPS) is 13.7. The van der Waals surface area contributed by atoms with Gasteiger partial charge in [0, 0.05) is 37.9 Å². The Balaban J connectivity index is 1.53. The fourth-order valence-electron chi connectivity index (χ4n) is 3.03. The maximum atomic E-state index is 12.4. The summed E-state index contributed by atoms with van der Waals surface area (Å²) < 4.78 is 0. The quantitative estimate of drug-likeness (QED) is 0.644. The highest BCUT2D eigenvalue weighted by molar-refractivity contribution is 5.81. The lowest BCUT2D eigenvalue weighted by molar-refractivity contribution is -0.384. The molecule has 2 aromatic carbocycles. The van der Waals surface area contributed by atoms with Gasteiger partial charge in [0.25, 0.3) is 5.69 Å². The molecule has 0 radical (unpaired) electrons. The van der Waals surface area contributed by atoms with Crippen LogP contribution in [0.3, 0.4) is 0 Å². The molecular weight excluding hydrogens is 346 g/mol. The Morgan fingerprint density at radius 3 is 2.41 bits per heavy atom. The van der Waals surface area contributed by atoms with Crippen LogP contribution >= 0.6 is 0 Å². The summed E-state index contributed by atoms with van der Waals surface area (Å²) >= 11 is 0. The molecule has 2 aromatic rings. The van der Waals surface area contributed by atoms with E-state index in [1.54, 1.807) is 47.4 Å². The first-order valence-corrected chi connectivity index (χ1v) is 8.58. The molecule has 1 saturated heterocycles. The minimum Gasteiger partial charge on any atom is -0.376 e. The first-order chi connectivity index (χ1) is 13.1. The molecule has 3 rings (SSSR count). The number of amides is 1. The van der Waals surface area contributed by atoms with Gasteiger partial charge >= 0.3 is 0 Å². The minimum atomic E-state index is -0.381. The summed E-state index contributed by atoms with van der Waals surface area (Å²) in [5, 5.41) is 23.0. The average molecular weight is 365 g/mol. The molecule has 0 spiro atoms. The van der Waals surface area contributed by atoms with Gasteiger partial charge in [-0.1, -0.05) is 12.1 Å². The molecule has 1 aliphatic heterocycles. The maximum absolute atomic E-state index is 12.4. The molecule has 1 aliphatic rings. The molecule has 1 N–H and O–H groups in total. The van der Waals surface area contributed by atoms with Gasteiger partial charge in [-0.25, -0.2) is 0 Å². The Morgan fingerprint density at radius 2 is 1.78 bits per heavy atom. The highest BCUT2D eigenvalue weighted by Gasteiger charge is 2.25. The highest BCUT2D eigenvalue weighted by atomic mass is 16.6. The molecule has 0 aromatic heterocycles. The van der Waals surface area contributed by atoms with Crippen LogP contribution < -0.4 is 10.2 Å². The number of rotatable bonds is 5. The molecule has 0 unspecified atom stereocenters. The van der Waals surface area contributed by atoms with Gasteiger partial charge in [0.1, 0.15) is 5.69 Å². The lowest BCUT2D eigenvalue weighted by atomic mass is 10.2. The minimum absolute atomic E-state index is 0.0263. The highest BCUT2D eigenvalue weighted by Crippen LogP contribution is 2.28. The summed E-state index contributed by atoms with van der Waals surface area (Å²) in [5.74, 6) is -0.0263. The van der Waals surface area contributed by atoms with Gasteiger partial charge in [0.15, 0.2) is 0 Å². The van der Waals surface area contributed by atoms with Crippen LogP contribution in [-0.4, -0.2) is 48.5 Å². The van der Waals surface area contributed by atoms with E-state index in [1.165, 1.54) is 6.07 Å². The number of anilines is 2. The number of nitro benzene ring substituents is 1. The Morgan fingerprint density at radius 1 is 1.11 bits per heavy atom. The molecular formula is C19H19N5O3. The number of nitriles is 1. The maximum Gasteiger partial charge on any atom is 0.292 e. The summed E-state index contributed by atoms with van der Waals surface area (Å²) in [6.45, 7) is 2.29. The van der Waals surface area contributed by atoms with Gasteiger partial charge in [-0.05, 0) is 30.3 Å². The molecule has 138 valence electrons. The van der Waals surface area contributed by atoms with Crippen LogP contribution in [0.25, 0.3) is 0 Å². The summed E-state index contributed by atoms with van der Waals surface area (Å²) in [4.78, 5) is 26.9. The number of carbonyl (C=O) groups excluding carboxylic acids is 1. The topological polar surface area (TPSA) is 103 Å². The standard InChI is InChI=1S/C19H19N5O3/c20-13-15-5-7-16(8-6-15)21-14-19(25)23-11-9-22(10-12-23)17-3-1-2-4-18(17)24(26)27/h1-8,21H,9-12,14H2. The number of piperazine rings is 1. The Labute approximate surface area is 156 Å². The van der Waals surface area contributed by atoms with Crippen molar-refractivity contribution in [3.63, 3.8) is 0 Å². The van der Waals surface area contributed by atoms with E-state index in [0.717, 1.165) is 5.69 Å². The molecule has 1 heterocycles. The van der Waals surface area contributed by atoms with Crippen LogP contribution in [0.15, 0.2) is 48.5 Å². The second-order valence-electron chi connectivity index (χ2n) is 6.16. The number of carbonyl (C=O) groups is 1. The van der Waals surface area contributed by atoms with Crippen molar-refractivity contribution in [2.24, 2.45) is 0 Å². The summed E-state index contributed by atoms with van der Waals surface area (Å²) in [6, 6.07) is 15.6. The van der Waals surface area contributed by atoms with Crippen molar-refractivity contribution in [1.82, 2.24) is 4.90 Å². The summed E-state index contributed by atoms with van der Waals surface area (Å²) in [6.07, 6.45) is 0. The Bertz CT molecular complexity index is 868. The molecule has 8 nitrogen and oxygen atoms in total. The van der Waals surface area contributed by atoms with Crippen LogP contribution in [0.2, 0.25) is 0 Å². The van der Waals surface area contributed by atoms with Crippen molar-refractivity contribution >= 4 is 23.0 Å². The lowest BCUT2D eigenvalue weighted by Gasteiger charge is -2.35. The molecule has 1 amide bonds. The van der Waals surface area contributed by atoms with Crippen molar-refractivity contribution < 1.29 is 9.72 Å². The fraction of sp³-hybridized carbons (Fsp3) is 0.263. The molecule has 8 heteroatoms. The van der Waals surface area contributed by atoms with Crippen LogP contribution in [0.1, 0.15) is 5.56 Å². The largest absolute Gasteiger partial charge is 0.376 e. The van der Waals surface area contributed by atoms with Gasteiger partial charge in [-0.3, -0.25) is 14.9 Å². The number of hydrogen-bond acceptors (Lipinski definition) is 6. The van der Waals surface area contributed by atoms with E-state index in [4.69, 9.17) is 5.26 Å². The van der Waals surface area contributed by atoms with Gasteiger partial charge in [-0.2, -0.15) is 5.26 Å². The van der Waals surface area contributed by atoms with E-state index in [2.05, 4.69) is 5.32 Å². The average Bonchev–Trinajstić information content (AvgIpc) is 2.72. The molecule has 0 atom stereocenters. The lowest BCUT2D eigenvalue weighted by Crippen LogP contribution is -2.50. The zero-order valence-corrected chi connectivity index (χ0v) is 14.7. The van der Waals surface area contributed by atoms with E-state index in [9.17, 15) is 14.9 Å². The third-order valence-corrected chi connectivity index (χ3v) is 4.51. The molecule has 27 heavy (non-hydrogen) atoms. The van der Waals surface area contributed by atoms with Gasteiger partial charge < -0.3 is 15.1 Å². The first-order valence-electron chi connectivity index (χ1n) is 8.58. The van der Waals surface area contributed by atoms with Gasteiger partial charge in [-0.15, -0.1) is 0 Å². The molecule has 0 saturated carbocycles. The zero-order valence-electron chi connectivity index (χ0n) is 14.7. The smallest absolute Gasteiger partial charge is 0.292 e. The van der Waals surface area contributed by atoms with Crippen molar-refractivity contribution in [3.8, 4) is 6.07 Å². The van der Waals surface area contributed by atoms with Crippen LogP contribution in [0.5, 0.6) is 0 Å². The van der Waals surface area contributed by atoms with Crippen LogP contribution in [-0.2, 0) is 4.79 Å². The first kappa shape index (κ1) is 18.2. The van der Waals surface area contributed by atoms with E-state index >= 15 is 0 Å². The zero-order chi connectivity index (χ0) is 19.2. The van der Waals surface area contributed by atoms with E-state index < -0.39 is 0 Å². The number of benzene rings is 2. The fourth-order valence-corrected chi connectivity index (χ4v) is 3.03. The SMILES string of the molecule is N#Cc1ccc(NCC(=O)N2CCN(c3ccccc3[N+](=O)[O-])CC2)cc1. The Kier molecular flexibility index (Phi) is 5.52. The number of nitrogens with one attached hydrogen (secondary N) is 1. The van der Waals surface area contributed by atoms with Crippen LogP contribution in [0.4, 0.5) is 17.1 Å². The van der Waals surface area contributed by atoms with Crippen molar-refractivity contribution in [2.45, 2.75) is 0 Å². The predicted molar refractivity (Wildman–Crippen MR) is 102 cm³/mol. The third kappa shape index (κ3) is 4.33. The van der Waals surface area contributed by atoms with E-state index in [0.29, 0.717) is 37.4 Å².